The van der Waals surface area contributed by atoms with Gasteiger partial charge in [-0.05, 0) is 24.3 Å². The van der Waals surface area contributed by atoms with Gasteiger partial charge in [0.25, 0.3) is 0 Å². The van der Waals surface area contributed by atoms with E-state index in [1.54, 1.807) is 24.3 Å². The molecule has 1 aromatic rings. The zero-order valence-corrected chi connectivity index (χ0v) is 11.2. The highest BCUT2D eigenvalue weighted by Gasteiger charge is 2.26. The lowest BCUT2D eigenvalue weighted by Crippen LogP contribution is -2.20. The second kappa shape index (κ2) is 7.20. The highest BCUT2D eigenvalue weighted by Crippen LogP contribution is 2.18. The maximum atomic E-state index is 11.8. The summed E-state index contributed by atoms with van der Waals surface area (Å²) in [7, 11) is 0. The lowest BCUT2D eigenvalue weighted by molar-refractivity contribution is -0.147. The van der Waals surface area contributed by atoms with Crippen molar-refractivity contribution < 1.29 is 22.7 Å². The van der Waals surface area contributed by atoms with Crippen LogP contribution in [0.2, 0.25) is 0 Å². The predicted octanol–water partition coefficient (Wildman–Crippen LogP) is 2.23. The summed E-state index contributed by atoms with van der Waals surface area (Å²) >= 11 is 4.77. The summed E-state index contributed by atoms with van der Waals surface area (Å²) in [6, 6.07) is 6.43. The molecule has 20 heavy (non-hydrogen) atoms. The van der Waals surface area contributed by atoms with Crippen LogP contribution in [-0.4, -0.2) is 30.3 Å². The molecule has 0 fully saturated rings. The zero-order valence-electron chi connectivity index (χ0n) is 10.4. The highest BCUT2D eigenvalue weighted by atomic mass is 32.1. The summed E-state index contributed by atoms with van der Waals surface area (Å²) in [6.45, 7) is -0.982. The number of thiocarbonyl (C=S) groups is 1. The predicted molar refractivity (Wildman–Crippen MR) is 72.5 cm³/mol. The summed E-state index contributed by atoms with van der Waals surface area (Å²) in [6.07, 6.45) is -5.37. The van der Waals surface area contributed by atoms with Crippen LogP contribution in [0.3, 0.4) is 0 Å². The Hall–Kier alpha value is -1.67. The van der Waals surface area contributed by atoms with Crippen LogP contribution in [0.25, 0.3) is 0 Å². The van der Waals surface area contributed by atoms with E-state index in [1.807, 2.05) is 0 Å². The zero-order chi connectivity index (χ0) is 15.2. The van der Waals surface area contributed by atoms with Crippen molar-refractivity contribution in [2.24, 2.45) is 5.73 Å². The first-order valence-corrected chi connectivity index (χ1v) is 6.03. The van der Waals surface area contributed by atoms with Gasteiger partial charge in [-0.1, -0.05) is 12.2 Å². The maximum Gasteiger partial charge on any atom is 0.391 e. The molecule has 0 bridgehead atoms. The first-order valence-electron chi connectivity index (χ1n) is 5.62. The maximum absolute atomic E-state index is 11.8. The standard InChI is InChI=1S/C12H13F3N2O2S/c13-12(14,15)5-6-19-7-10(18)17-9-3-1-8(2-4-9)11(16)20/h1-4H,5-7H2,(H2,16,20)(H,17,18). The third-order valence-corrected chi connectivity index (χ3v) is 2.45. The fraction of sp³-hybridized carbons (Fsp3) is 0.333. The molecule has 0 aliphatic carbocycles. The smallest absolute Gasteiger partial charge is 0.389 e. The van der Waals surface area contributed by atoms with Crippen LogP contribution in [0, 0.1) is 0 Å². The number of nitrogens with one attached hydrogen (secondary N) is 1. The fourth-order valence-electron chi connectivity index (χ4n) is 1.27. The minimum absolute atomic E-state index is 0.235. The third kappa shape index (κ3) is 6.48. The van der Waals surface area contributed by atoms with Gasteiger partial charge in [0.2, 0.25) is 5.91 Å². The molecule has 4 nitrogen and oxygen atoms in total. The molecule has 0 saturated carbocycles. The number of hydrogen-bond acceptors (Lipinski definition) is 3. The quantitative estimate of drug-likeness (QED) is 0.625. The summed E-state index contributed by atoms with van der Waals surface area (Å²) < 4.78 is 40.1. The number of carbonyl (C=O) groups excluding carboxylic acids is 1. The number of anilines is 1. The van der Waals surface area contributed by atoms with E-state index in [1.165, 1.54) is 0 Å². The van der Waals surface area contributed by atoms with E-state index in [4.69, 9.17) is 18.0 Å². The van der Waals surface area contributed by atoms with Crippen LogP contribution in [0.15, 0.2) is 24.3 Å². The van der Waals surface area contributed by atoms with Crippen molar-refractivity contribution in [2.45, 2.75) is 12.6 Å². The molecular weight excluding hydrogens is 293 g/mol. The lowest BCUT2D eigenvalue weighted by Gasteiger charge is -2.08. The van der Waals surface area contributed by atoms with E-state index in [9.17, 15) is 18.0 Å². The van der Waals surface area contributed by atoms with Crippen LogP contribution < -0.4 is 11.1 Å². The van der Waals surface area contributed by atoms with E-state index in [0.717, 1.165) is 0 Å². The number of ether oxygens (including phenoxy) is 1. The number of nitrogens with two attached hydrogens (primary N) is 1. The second-order valence-electron chi connectivity index (χ2n) is 3.91. The number of benzene rings is 1. The lowest BCUT2D eigenvalue weighted by atomic mass is 10.2. The highest BCUT2D eigenvalue weighted by molar-refractivity contribution is 7.80. The molecule has 3 N–H and O–H groups in total. The van der Waals surface area contributed by atoms with Crippen LogP contribution in [0.4, 0.5) is 18.9 Å². The topological polar surface area (TPSA) is 64.3 Å². The first kappa shape index (κ1) is 16.4. The van der Waals surface area contributed by atoms with Crippen LogP contribution >= 0.6 is 12.2 Å². The monoisotopic (exact) mass is 306 g/mol. The number of halogens is 3. The molecule has 1 amide bonds. The number of alkyl halides is 3. The van der Waals surface area contributed by atoms with Gasteiger partial charge in [0.15, 0.2) is 0 Å². The van der Waals surface area contributed by atoms with E-state index in [2.05, 4.69) is 10.1 Å². The fourth-order valence-corrected chi connectivity index (χ4v) is 1.40. The van der Waals surface area contributed by atoms with Gasteiger partial charge in [0.1, 0.15) is 11.6 Å². The summed E-state index contributed by atoms with van der Waals surface area (Å²) in [4.78, 5) is 11.6. The summed E-state index contributed by atoms with van der Waals surface area (Å²) in [5, 5.41) is 2.48. The normalized spacial score (nSPS) is 11.2. The molecular formula is C12H13F3N2O2S. The van der Waals surface area contributed by atoms with Crippen molar-refractivity contribution >= 4 is 28.8 Å². The molecule has 1 rings (SSSR count). The average molecular weight is 306 g/mol. The van der Waals surface area contributed by atoms with Crippen molar-refractivity contribution in [3.05, 3.63) is 29.8 Å². The Morgan fingerprint density at radius 3 is 2.40 bits per heavy atom. The minimum atomic E-state index is -4.28. The SMILES string of the molecule is NC(=S)c1ccc(NC(=O)COCCC(F)(F)F)cc1. The van der Waals surface area contributed by atoms with Gasteiger partial charge in [-0.3, -0.25) is 4.79 Å². The van der Waals surface area contributed by atoms with Crippen molar-refractivity contribution in [2.75, 3.05) is 18.5 Å². The van der Waals surface area contributed by atoms with Gasteiger partial charge in [0, 0.05) is 11.3 Å². The van der Waals surface area contributed by atoms with Crippen LogP contribution in [0.1, 0.15) is 12.0 Å². The van der Waals surface area contributed by atoms with Crippen LogP contribution in [-0.2, 0) is 9.53 Å². The largest absolute Gasteiger partial charge is 0.391 e. The number of hydrogen-bond donors (Lipinski definition) is 2. The minimum Gasteiger partial charge on any atom is -0.389 e. The molecule has 0 aromatic heterocycles. The van der Waals surface area contributed by atoms with E-state index in [-0.39, 0.29) is 4.99 Å². The average Bonchev–Trinajstić information content (AvgIpc) is 2.34. The Morgan fingerprint density at radius 2 is 1.90 bits per heavy atom. The summed E-state index contributed by atoms with van der Waals surface area (Å²) in [5.41, 5.74) is 6.55. The van der Waals surface area contributed by atoms with E-state index in [0.29, 0.717) is 11.3 Å². The number of carbonyl (C=O) groups is 1. The second-order valence-corrected chi connectivity index (χ2v) is 4.35. The van der Waals surface area contributed by atoms with Crippen molar-refractivity contribution in [3.8, 4) is 0 Å². The molecule has 0 spiro atoms. The van der Waals surface area contributed by atoms with Crippen molar-refractivity contribution in [3.63, 3.8) is 0 Å². The Balaban J connectivity index is 2.33. The molecule has 0 aliphatic heterocycles. The molecule has 0 unspecified atom stereocenters. The Kier molecular flexibility index (Phi) is 5.90. The van der Waals surface area contributed by atoms with Gasteiger partial charge in [-0.2, -0.15) is 13.2 Å². The van der Waals surface area contributed by atoms with Gasteiger partial charge in [-0.25, -0.2) is 0 Å². The first-order chi connectivity index (χ1) is 9.28. The van der Waals surface area contributed by atoms with Gasteiger partial charge in [0.05, 0.1) is 13.0 Å². The number of rotatable bonds is 6. The Labute approximate surface area is 119 Å². The van der Waals surface area contributed by atoms with E-state index >= 15 is 0 Å². The molecule has 0 aliphatic rings. The molecule has 8 heteroatoms. The van der Waals surface area contributed by atoms with Gasteiger partial charge in [-0.15, -0.1) is 0 Å². The van der Waals surface area contributed by atoms with Crippen molar-refractivity contribution in [1.29, 1.82) is 0 Å². The molecule has 0 heterocycles. The molecule has 0 atom stereocenters. The van der Waals surface area contributed by atoms with Crippen molar-refractivity contribution in [1.82, 2.24) is 0 Å². The number of amides is 1. The Morgan fingerprint density at radius 1 is 1.30 bits per heavy atom. The molecule has 0 saturated heterocycles. The van der Waals surface area contributed by atoms with Gasteiger partial charge < -0.3 is 15.8 Å². The molecule has 1 aromatic carbocycles. The molecule has 110 valence electrons. The summed E-state index contributed by atoms with van der Waals surface area (Å²) in [5.74, 6) is -0.532. The van der Waals surface area contributed by atoms with Gasteiger partial charge >= 0.3 is 6.18 Å². The Bertz CT molecular complexity index is 475. The molecule has 0 radical (unpaired) electrons. The van der Waals surface area contributed by atoms with Crippen LogP contribution in [0.5, 0.6) is 0 Å². The third-order valence-electron chi connectivity index (χ3n) is 2.22. The van der Waals surface area contributed by atoms with E-state index < -0.39 is 31.7 Å².